The molecule has 8 heteroatoms. The third-order valence-corrected chi connectivity index (χ3v) is 4.42. The Bertz CT molecular complexity index is 825. The second-order valence-electron chi connectivity index (χ2n) is 6.16. The summed E-state index contributed by atoms with van der Waals surface area (Å²) in [5, 5.41) is 0. The molecule has 0 radical (unpaired) electrons. The van der Waals surface area contributed by atoms with Gasteiger partial charge in [-0.3, -0.25) is 9.98 Å². The highest BCUT2D eigenvalue weighted by atomic mass is 16.5. The van der Waals surface area contributed by atoms with Crippen LogP contribution in [0.1, 0.15) is 13.8 Å². The smallest absolute Gasteiger partial charge is 0.203 e. The Balaban J connectivity index is 2.45. The van der Waals surface area contributed by atoms with Gasteiger partial charge in [0.15, 0.2) is 23.0 Å². The summed E-state index contributed by atoms with van der Waals surface area (Å²) >= 11 is 0. The number of nitrogens with zero attached hydrogens (tertiary/aromatic N) is 2. The van der Waals surface area contributed by atoms with Gasteiger partial charge in [-0.2, -0.15) is 0 Å². The zero-order chi connectivity index (χ0) is 22.3. The predicted octanol–water partition coefficient (Wildman–Crippen LogP) is 4.62. The van der Waals surface area contributed by atoms with Crippen molar-refractivity contribution in [1.82, 2.24) is 0 Å². The lowest BCUT2D eigenvalue weighted by molar-refractivity contribution is 0.324. The molecule has 0 aliphatic heterocycles. The number of methoxy groups -OCH3 is 6. The number of aliphatic imine (C=N–C) groups is 2. The van der Waals surface area contributed by atoms with Crippen molar-refractivity contribution in [3.05, 3.63) is 24.3 Å². The fourth-order valence-corrected chi connectivity index (χ4v) is 2.81. The zero-order valence-corrected chi connectivity index (χ0v) is 18.7. The van der Waals surface area contributed by atoms with E-state index in [9.17, 15) is 0 Å². The van der Waals surface area contributed by atoms with Crippen molar-refractivity contribution < 1.29 is 28.4 Å². The van der Waals surface area contributed by atoms with Gasteiger partial charge in [0.2, 0.25) is 11.5 Å². The minimum absolute atomic E-state index is 0.513. The number of ether oxygens (including phenoxy) is 6. The Morgan fingerprint density at radius 3 is 0.967 bits per heavy atom. The van der Waals surface area contributed by atoms with Gasteiger partial charge in [0.05, 0.1) is 65.5 Å². The Hall–Kier alpha value is -3.42. The van der Waals surface area contributed by atoms with Gasteiger partial charge in [-0.05, 0) is 13.8 Å². The van der Waals surface area contributed by atoms with Crippen LogP contribution in [0.4, 0.5) is 11.4 Å². The molecule has 0 saturated heterocycles. The van der Waals surface area contributed by atoms with Crippen LogP contribution < -0.4 is 28.4 Å². The van der Waals surface area contributed by atoms with Gasteiger partial charge in [0.25, 0.3) is 0 Å². The van der Waals surface area contributed by atoms with Crippen LogP contribution in [-0.4, -0.2) is 54.1 Å². The van der Waals surface area contributed by atoms with Gasteiger partial charge >= 0.3 is 0 Å². The maximum Gasteiger partial charge on any atom is 0.203 e. The number of benzene rings is 2. The van der Waals surface area contributed by atoms with Gasteiger partial charge in [-0.25, -0.2) is 0 Å². The van der Waals surface area contributed by atoms with Gasteiger partial charge < -0.3 is 28.4 Å². The fourth-order valence-electron chi connectivity index (χ4n) is 2.81. The maximum absolute atomic E-state index is 5.39. The highest BCUT2D eigenvalue weighted by Crippen LogP contribution is 2.42. The van der Waals surface area contributed by atoms with Crippen LogP contribution in [0.2, 0.25) is 0 Å². The molecule has 0 fully saturated rings. The molecule has 2 aromatic rings. The molecule has 0 unspecified atom stereocenters. The van der Waals surface area contributed by atoms with E-state index in [0.717, 1.165) is 11.4 Å². The summed E-state index contributed by atoms with van der Waals surface area (Å²) in [4.78, 5) is 9.30. The van der Waals surface area contributed by atoms with E-state index in [1.54, 1.807) is 66.9 Å². The number of hydrogen-bond donors (Lipinski definition) is 0. The van der Waals surface area contributed by atoms with Gasteiger partial charge in [0.1, 0.15) is 0 Å². The summed E-state index contributed by atoms with van der Waals surface area (Å²) in [6.07, 6.45) is 0. The Morgan fingerprint density at radius 1 is 0.500 bits per heavy atom. The van der Waals surface area contributed by atoms with Gasteiger partial charge in [-0.15, -0.1) is 0 Å². The fraction of sp³-hybridized carbons (Fsp3) is 0.364. The predicted molar refractivity (Wildman–Crippen MR) is 118 cm³/mol. The molecule has 0 spiro atoms. The van der Waals surface area contributed by atoms with E-state index in [1.807, 2.05) is 13.8 Å². The largest absolute Gasteiger partial charge is 0.493 e. The molecule has 2 aromatic carbocycles. The van der Waals surface area contributed by atoms with E-state index in [-0.39, 0.29) is 0 Å². The lowest BCUT2D eigenvalue weighted by Crippen LogP contribution is -2.05. The topological polar surface area (TPSA) is 80.1 Å². The third kappa shape index (κ3) is 4.94. The zero-order valence-electron chi connectivity index (χ0n) is 18.7. The van der Waals surface area contributed by atoms with Gasteiger partial charge in [0, 0.05) is 24.3 Å². The summed E-state index contributed by atoms with van der Waals surface area (Å²) in [6, 6.07) is 7.10. The van der Waals surface area contributed by atoms with Crippen molar-refractivity contribution in [2.24, 2.45) is 9.98 Å². The monoisotopic (exact) mass is 416 g/mol. The van der Waals surface area contributed by atoms with Crippen molar-refractivity contribution in [1.29, 1.82) is 0 Å². The highest BCUT2D eigenvalue weighted by molar-refractivity contribution is 6.41. The molecule has 0 aliphatic rings. The van der Waals surface area contributed by atoms with E-state index < -0.39 is 0 Å². The lowest BCUT2D eigenvalue weighted by Gasteiger charge is -2.13. The minimum Gasteiger partial charge on any atom is -0.493 e. The normalized spacial score (nSPS) is 11.7. The van der Waals surface area contributed by atoms with Crippen LogP contribution in [-0.2, 0) is 0 Å². The van der Waals surface area contributed by atoms with Crippen LogP contribution in [0.5, 0.6) is 34.5 Å². The molecular weight excluding hydrogens is 388 g/mol. The molecule has 0 aromatic heterocycles. The summed E-state index contributed by atoms with van der Waals surface area (Å²) in [7, 11) is 9.37. The molecule has 0 N–H and O–H groups in total. The van der Waals surface area contributed by atoms with E-state index in [2.05, 4.69) is 9.98 Å². The Kier molecular flexibility index (Phi) is 7.91. The van der Waals surface area contributed by atoms with Crippen molar-refractivity contribution in [2.45, 2.75) is 13.8 Å². The summed E-state index contributed by atoms with van der Waals surface area (Å²) in [5.41, 5.74) is 2.75. The first-order valence-corrected chi connectivity index (χ1v) is 9.13. The standard InChI is InChI=1S/C22H28N2O6/c1-13(23-15-9-17(25-3)21(29-7)18(10-15)26-4)14(2)24-16-11-19(27-5)22(30-8)20(12-16)28-6/h9-12H,1-8H3. The van der Waals surface area contributed by atoms with Crippen molar-refractivity contribution in [2.75, 3.05) is 42.7 Å². The van der Waals surface area contributed by atoms with E-state index in [0.29, 0.717) is 45.9 Å². The average molecular weight is 416 g/mol. The first kappa shape index (κ1) is 22.9. The summed E-state index contributed by atoms with van der Waals surface area (Å²) in [5.74, 6) is 3.15. The minimum atomic E-state index is 0.513. The van der Waals surface area contributed by atoms with E-state index >= 15 is 0 Å². The molecule has 8 nitrogen and oxygen atoms in total. The molecular formula is C22H28N2O6. The van der Waals surface area contributed by atoms with Crippen LogP contribution >= 0.6 is 0 Å². The van der Waals surface area contributed by atoms with Crippen LogP contribution in [0.25, 0.3) is 0 Å². The number of rotatable bonds is 9. The first-order chi connectivity index (χ1) is 14.4. The summed E-state index contributed by atoms with van der Waals surface area (Å²) < 4.78 is 32.2. The Morgan fingerprint density at radius 2 is 0.767 bits per heavy atom. The number of hydrogen-bond acceptors (Lipinski definition) is 8. The SMILES string of the molecule is COc1cc(N=C(C)C(C)=Nc2cc(OC)c(OC)c(OC)c2)cc(OC)c1OC. The lowest BCUT2D eigenvalue weighted by atomic mass is 10.2. The highest BCUT2D eigenvalue weighted by Gasteiger charge is 2.15. The van der Waals surface area contributed by atoms with Gasteiger partial charge in [-0.1, -0.05) is 0 Å². The van der Waals surface area contributed by atoms with E-state index in [4.69, 9.17) is 28.4 Å². The van der Waals surface area contributed by atoms with Crippen LogP contribution in [0.3, 0.4) is 0 Å². The summed E-state index contributed by atoms with van der Waals surface area (Å²) in [6.45, 7) is 3.75. The second kappa shape index (κ2) is 10.4. The van der Waals surface area contributed by atoms with Crippen molar-refractivity contribution in [3.8, 4) is 34.5 Å². The second-order valence-corrected chi connectivity index (χ2v) is 6.16. The van der Waals surface area contributed by atoms with Crippen LogP contribution in [0.15, 0.2) is 34.3 Å². The van der Waals surface area contributed by atoms with Crippen molar-refractivity contribution in [3.63, 3.8) is 0 Å². The molecule has 2 rings (SSSR count). The molecule has 0 aliphatic carbocycles. The quantitative estimate of drug-likeness (QED) is 0.555. The molecule has 30 heavy (non-hydrogen) atoms. The maximum atomic E-state index is 5.39. The molecule has 0 amide bonds. The molecule has 0 bridgehead atoms. The third-order valence-electron chi connectivity index (χ3n) is 4.42. The molecule has 0 atom stereocenters. The molecule has 0 heterocycles. The van der Waals surface area contributed by atoms with Crippen molar-refractivity contribution >= 4 is 22.8 Å². The van der Waals surface area contributed by atoms with E-state index in [1.165, 1.54) is 0 Å². The first-order valence-electron chi connectivity index (χ1n) is 9.13. The average Bonchev–Trinajstić information content (AvgIpc) is 2.77. The molecule has 162 valence electrons. The molecule has 0 saturated carbocycles. The van der Waals surface area contributed by atoms with Crippen LogP contribution in [0, 0.1) is 0 Å². The Labute approximate surface area is 177 Å².